The second-order valence-electron chi connectivity index (χ2n) is 7.58. The van der Waals surface area contributed by atoms with Crippen LogP contribution in [-0.2, 0) is 9.53 Å². The van der Waals surface area contributed by atoms with Crippen LogP contribution < -0.4 is 10.2 Å². The van der Waals surface area contributed by atoms with Crippen LogP contribution in [0.1, 0.15) is 32.3 Å². The molecule has 0 unspecified atom stereocenters. The molecule has 0 saturated carbocycles. The van der Waals surface area contributed by atoms with Crippen LogP contribution in [-0.4, -0.2) is 56.2 Å². The fourth-order valence-corrected chi connectivity index (χ4v) is 3.71. The van der Waals surface area contributed by atoms with Gasteiger partial charge in [0, 0.05) is 50.2 Å². The van der Waals surface area contributed by atoms with Gasteiger partial charge in [-0.15, -0.1) is 0 Å². The minimum absolute atomic E-state index is 0.0210. The Bertz CT molecular complexity index is 589. The summed E-state index contributed by atoms with van der Waals surface area (Å²) in [5.74, 6) is 0.0631. The van der Waals surface area contributed by atoms with Crippen molar-refractivity contribution in [2.24, 2.45) is 5.92 Å². The second kappa shape index (κ2) is 8.19. The fraction of sp³-hybridized carbons (Fsp3) is 0.650. The van der Waals surface area contributed by atoms with Gasteiger partial charge in [0.25, 0.3) is 0 Å². The molecule has 1 N–H and O–H groups in total. The van der Waals surface area contributed by atoms with Crippen LogP contribution in [0, 0.1) is 12.8 Å². The van der Waals surface area contributed by atoms with E-state index in [0.29, 0.717) is 12.6 Å². The van der Waals surface area contributed by atoms with Crippen molar-refractivity contribution in [2.45, 2.75) is 39.7 Å². The lowest BCUT2D eigenvalue weighted by atomic mass is 10.0. The molecule has 0 aliphatic carbocycles. The molecule has 1 aromatic rings. The van der Waals surface area contributed by atoms with Crippen LogP contribution in [0.3, 0.4) is 0 Å². The van der Waals surface area contributed by atoms with Gasteiger partial charge in [-0.3, -0.25) is 9.69 Å². The molecule has 2 aliphatic rings. The molecule has 1 atom stereocenters. The average molecular weight is 345 g/mol. The number of aryl methyl sites for hydroxylation is 1. The number of nitrogens with one attached hydrogen (secondary N) is 1. The molecule has 0 spiro atoms. The largest absolute Gasteiger partial charge is 0.381 e. The van der Waals surface area contributed by atoms with E-state index in [1.54, 1.807) is 0 Å². The number of carbonyl (C=O) groups excluding carboxylic acids is 1. The molecular formula is C20H31N3O2. The molecule has 0 radical (unpaired) electrons. The Labute approximate surface area is 151 Å². The Morgan fingerprint density at radius 1 is 1.20 bits per heavy atom. The van der Waals surface area contributed by atoms with Gasteiger partial charge in [0.05, 0.1) is 12.5 Å². The van der Waals surface area contributed by atoms with Gasteiger partial charge < -0.3 is 15.0 Å². The van der Waals surface area contributed by atoms with Crippen molar-refractivity contribution in [1.82, 2.24) is 4.90 Å². The van der Waals surface area contributed by atoms with Crippen molar-refractivity contribution in [1.29, 1.82) is 0 Å². The Kier molecular flexibility index (Phi) is 5.97. The lowest BCUT2D eigenvalue weighted by molar-refractivity contribution is -0.123. The lowest BCUT2D eigenvalue weighted by Crippen LogP contribution is -2.48. The number of nitrogens with zero attached hydrogens (tertiary/aromatic N) is 2. The van der Waals surface area contributed by atoms with Crippen molar-refractivity contribution in [3.8, 4) is 0 Å². The Morgan fingerprint density at radius 2 is 1.96 bits per heavy atom. The normalized spacial score (nSPS) is 22.2. The molecule has 0 aromatic heterocycles. The predicted octanol–water partition coefficient (Wildman–Crippen LogP) is 2.89. The van der Waals surface area contributed by atoms with E-state index in [1.807, 2.05) is 0 Å². The van der Waals surface area contributed by atoms with Gasteiger partial charge in [-0.1, -0.05) is 0 Å². The zero-order chi connectivity index (χ0) is 17.8. The number of carbonyl (C=O) groups is 1. The lowest BCUT2D eigenvalue weighted by Gasteiger charge is -2.38. The maximum Gasteiger partial charge on any atom is 0.229 e. The van der Waals surface area contributed by atoms with Crippen molar-refractivity contribution in [3.63, 3.8) is 0 Å². The average Bonchev–Trinajstić information content (AvgIpc) is 2.62. The smallest absolute Gasteiger partial charge is 0.229 e. The second-order valence-corrected chi connectivity index (χ2v) is 7.58. The van der Waals surface area contributed by atoms with E-state index in [0.717, 1.165) is 51.3 Å². The van der Waals surface area contributed by atoms with Crippen LogP contribution in [0.15, 0.2) is 18.2 Å². The molecule has 5 nitrogen and oxygen atoms in total. The maximum absolute atomic E-state index is 12.5. The third-order valence-corrected chi connectivity index (χ3v) is 5.27. The van der Waals surface area contributed by atoms with E-state index in [9.17, 15) is 4.79 Å². The van der Waals surface area contributed by atoms with Crippen LogP contribution in [0.5, 0.6) is 0 Å². The first-order valence-electron chi connectivity index (χ1n) is 9.52. The van der Waals surface area contributed by atoms with Crippen molar-refractivity contribution in [2.75, 3.05) is 49.6 Å². The molecule has 138 valence electrons. The molecule has 3 rings (SSSR count). The molecule has 1 aromatic carbocycles. The minimum atomic E-state index is -0.0210. The number of anilines is 2. The van der Waals surface area contributed by atoms with Crippen molar-refractivity contribution >= 4 is 17.3 Å². The summed E-state index contributed by atoms with van der Waals surface area (Å²) < 4.78 is 5.44. The maximum atomic E-state index is 12.5. The third-order valence-electron chi connectivity index (χ3n) is 5.27. The summed E-state index contributed by atoms with van der Waals surface area (Å²) in [4.78, 5) is 17.4. The van der Waals surface area contributed by atoms with Gasteiger partial charge in [-0.2, -0.15) is 0 Å². The number of piperazine rings is 1. The zero-order valence-electron chi connectivity index (χ0n) is 15.8. The molecular weight excluding hydrogens is 314 g/mol. The summed E-state index contributed by atoms with van der Waals surface area (Å²) in [6.07, 6.45) is 1.89. The van der Waals surface area contributed by atoms with E-state index in [-0.39, 0.29) is 11.8 Å². The van der Waals surface area contributed by atoms with E-state index >= 15 is 0 Å². The van der Waals surface area contributed by atoms with Gasteiger partial charge in [0.15, 0.2) is 0 Å². The topological polar surface area (TPSA) is 44.8 Å². The molecule has 0 bridgehead atoms. The summed E-state index contributed by atoms with van der Waals surface area (Å²) >= 11 is 0. The van der Waals surface area contributed by atoms with Crippen LogP contribution in [0.4, 0.5) is 11.4 Å². The molecule has 2 fully saturated rings. The summed E-state index contributed by atoms with van der Waals surface area (Å²) in [5, 5.41) is 3.10. The number of hydrogen-bond acceptors (Lipinski definition) is 4. The molecule has 5 heteroatoms. The van der Waals surface area contributed by atoms with Crippen LogP contribution in [0.2, 0.25) is 0 Å². The predicted molar refractivity (Wildman–Crippen MR) is 102 cm³/mol. The number of ether oxygens (including phenoxy) is 1. The highest BCUT2D eigenvalue weighted by atomic mass is 16.5. The van der Waals surface area contributed by atoms with Crippen LogP contribution >= 0.6 is 0 Å². The van der Waals surface area contributed by atoms with Gasteiger partial charge in [0.2, 0.25) is 5.91 Å². The highest BCUT2D eigenvalue weighted by Crippen LogP contribution is 2.25. The quantitative estimate of drug-likeness (QED) is 0.911. The van der Waals surface area contributed by atoms with Gasteiger partial charge in [-0.05, 0) is 57.4 Å². The molecule has 2 heterocycles. The fourth-order valence-electron chi connectivity index (χ4n) is 3.71. The SMILES string of the molecule is Cc1cc(NC(=O)[C@@H]2CCCOC2)cc(N2CCN(C(C)C)CC2)c1. The van der Waals surface area contributed by atoms with E-state index in [1.165, 1.54) is 11.3 Å². The van der Waals surface area contributed by atoms with Gasteiger partial charge in [0.1, 0.15) is 0 Å². The first kappa shape index (κ1) is 18.2. The first-order valence-corrected chi connectivity index (χ1v) is 9.52. The summed E-state index contributed by atoms with van der Waals surface area (Å²) in [6, 6.07) is 6.98. The summed E-state index contributed by atoms with van der Waals surface area (Å²) in [6.45, 7) is 12.2. The molecule has 2 saturated heterocycles. The van der Waals surface area contributed by atoms with Gasteiger partial charge >= 0.3 is 0 Å². The minimum Gasteiger partial charge on any atom is -0.381 e. The number of rotatable bonds is 4. The monoisotopic (exact) mass is 345 g/mol. The molecule has 2 aliphatic heterocycles. The van der Waals surface area contributed by atoms with Crippen molar-refractivity contribution in [3.05, 3.63) is 23.8 Å². The van der Waals surface area contributed by atoms with E-state index in [2.05, 4.69) is 54.1 Å². The first-order chi connectivity index (χ1) is 12.0. The Morgan fingerprint density at radius 3 is 2.60 bits per heavy atom. The number of hydrogen-bond donors (Lipinski definition) is 1. The third kappa shape index (κ3) is 4.73. The summed E-state index contributed by atoms with van der Waals surface area (Å²) in [7, 11) is 0. The van der Waals surface area contributed by atoms with Crippen molar-refractivity contribution < 1.29 is 9.53 Å². The van der Waals surface area contributed by atoms with E-state index in [4.69, 9.17) is 4.74 Å². The molecule has 25 heavy (non-hydrogen) atoms. The highest BCUT2D eigenvalue weighted by molar-refractivity contribution is 5.93. The van der Waals surface area contributed by atoms with Gasteiger partial charge in [-0.25, -0.2) is 0 Å². The Balaban J connectivity index is 1.65. The number of amides is 1. The zero-order valence-corrected chi connectivity index (χ0v) is 15.8. The number of benzene rings is 1. The summed E-state index contributed by atoms with van der Waals surface area (Å²) in [5.41, 5.74) is 3.29. The molecule has 1 amide bonds. The van der Waals surface area contributed by atoms with E-state index < -0.39 is 0 Å². The van der Waals surface area contributed by atoms with Crippen LogP contribution in [0.25, 0.3) is 0 Å². The highest BCUT2D eigenvalue weighted by Gasteiger charge is 2.23. The standard InChI is InChI=1S/C20H31N3O2/c1-15(2)22-6-8-23(9-7-22)19-12-16(3)11-18(13-19)21-20(24)17-5-4-10-25-14-17/h11-13,15,17H,4-10,14H2,1-3H3,(H,21,24)/t17-/m1/s1. The Hall–Kier alpha value is -1.59.